The van der Waals surface area contributed by atoms with Crippen LogP contribution in [0.5, 0.6) is 0 Å². The van der Waals surface area contributed by atoms with Gasteiger partial charge in [0.25, 0.3) is 5.91 Å². The number of thiazole rings is 1. The van der Waals surface area contributed by atoms with Crippen LogP contribution >= 0.6 is 23.6 Å². The van der Waals surface area contributed by atoms with E-state index < -0.39 is 40.9 Å². The number of benzene rings is 3. The first-order chi connectivity index (χ1) is 33.6. The van der Waals surface area contributed by atoms with Crippen molar-refractivity contribution in [2.45, 2.75) is 104 Å². The summed E-state index contributed by atoms with van der Waals surface area (Å²) in [4.78, 5) is 62.5. The monoisotopic (exact) mass is 1020 g/mol. The lowest BCUT2D eigenvalue weighted by Gasteiger charge is -2.36. The lowest BCUT2D eigenvalue weighted by atomic mass is 9.86. The molecule has 2 saturated heterocycles. The lowest BCUT2D eigenvalue weighted by molar-refractivity contribution is -0.138. The topological polar surface area (TPSA) is 189 Å². The number of halogens is 3. The van der Waals surface area contributed by atoms with Crippen LogP contribution in [0.2, 0.25) is 0 Å². The number of aromatic nitrogens is 1. The van der Waals surface area contributed by atoms with Gasteiger partial charge in [-0.3, -0.25) is 29.0 Å². The summed E-state index contributed by atoms with van der Waals surface area (Å²) in [5, 5.41) is 28.7. The van der Waals surface area contributed by atoms with Gasteiger partial charge in [-0.2, -0.15) is 18.4 Å². The number of aliphatic hydroxyl groups excluding tert-OH is 1. The molecule has 0 radical (unpaired) electrons. The van der Waals surface area contributed by atoms with Crippen LogP contribution in [-0.4, -0.2) is 114 Å². The summed E-state index contributed by atoms with van der Waals surface area (Å²) >= 11 is 7.22. The number of β-amino-alcohol motifs (C(OH)–C–C–N with tert-alkyl or cyclic N) is 1. The molecule has 2 fully saturated rings. The van der Waals surface area contributed by atoms with Gasteiger partial charge < -0.3 is 35.4 Å². The Morgan fingerprint density at radius 3 is 2.30 bits per heavy atom. The van der Waals surface area contributed by atoms with Gasteiger partial charge in [0.05, 0.1) is 70.9 Å². The number of anilines is 2. The van der Waals surface area contributed by atoms with Crippen LogP contribution in [0.4, 0.5) is 24.5 Å². The summed E-state index contributed by atoms with van der Waals surface area (Å²) in [6, 6.07) is 18.9. The highest BCUT2D eigenvalue weighted by molar-refractivity contribution is 7.81. The first kappa shape index (κ1) is 54.5. The minimum absolute atomic E-state index is 0.000510. The number of nitrogens with zero attached hydrogens (tertiary/aromatic N) is 5. The van der Waals surface area contributed by atoms with Crippen molar-refractivity contribution in [3.8, 4) is 16.5 Å². The van der Waals surface area contributed by atoms with E-state index in [1.807, 2.05) is 74.5 Å². The Labute approximate surface area is 421 Å². The number of alkyl halides is 3. The molecule has 6 rings (SSSR count). The number of likely N-dealkylation sites (tertiary alicyclic amines) is 1. The van der Waals surface area contributed by atoms with E-state index in [1.54, 1.807) is 48.3 Å². The van der Waals surface area contributed by atoms with Crippen molar-refractivity contribution >= 4 is 63.7 Å². The maximum atomic E-state index is 13.7. The summed E-state index contributed by atoms with van der Waals surface area (Å²) < 4.78 is 52.3. The molecule has 0 aliphatic carbocycles. The van der Waals surface area contributed by atoms with Gasteiger partial charge in [-0.25, -0.2) is 4.98 Å². The summed E-state index contributed by atoms with van der Waals surface area (Å²) in [5.41, 5.74) is 2.92. The van der Waals surface area contributed by atoms with Crippen LogP contribution in [0.3, 0.4) is 0 Å². The van der Waals surface area contributed by atoms with E-state index in [9.17, 15) is 42.7 Å². The van der Waals surface area contributed by atoms with Crippen molar-refractivity contribution < 1.29 is 46.9 Å². The van der Waals surface area contributed by atoms with Gasteiger partial charge in [0.2, 0.25) is 17.7 Å². The Morgan fingerprint density at radius 1 is 0.972 bits per heavy atom. The van der Waals surface area contributed by atoms with Crippen molar-refractivity contribution in [2.75, 3.05) is 55.9 Å². The Hall–Kier alpha value is -5.82. The molecule has 3 atom stereocenters. The zero-order valence-electron chi connectivity index (χ0n) is 40.7. The predicted molar refractivity (Wildman–Crippen MR) is 268 cm³/mol. The summed E-state index contributed by atoms with van der Waals surface area (Å²) in [5.74, 6) is -1.17. The fourth-order valence-corrected chi connectivity index (χ4v) is 9.81. The van der Waals surface area contributed by atoms with Crippen LogP contribution < -0.4 is 25.8 Å². The molecule has 4 aromatic rings. The first-order valence-electron chi connectivity index (χ1n) is 23.4. The minimum atomic E-state index is -4.80. The minimum Gasteiger partial charge on any atom is -0.392 e. The fraction of sp³-hybridized carbons (Fsp3) is 0.471. The number of hydrogen-bond donors (Lipinski definition) is 4. The summed E-state index contributed by atoms with van der Waals surface area (Å²) in [6.07, 6.45) is -3.78. The zero-order valence-corrected chi connectivity index (χ0v) is 42.4. The number of aryl methyl sites for hydroxylation is 2. The quantitative estimate of drug-likeness (QED) is 0.0513. The standard InChI is InChI=1S/C51H61F3N8O7S2/c1-32-45(71-31-58-32)35-14-10-34(11-15-35)27-57-46(66)41-25-39(63)28-60(41)29-42(49(2,3)4)59-44(65)30-69-23-22-68-21-20-56-43(64)9-7-8-33-12-17-37(18-13-33)62-48(70)61(47(67)50(62,5)6)38-19-16-36(26-55)40(24-38)51(52,53)54/h10-19,24,31,39,41-42,63H,7-9,20-23,25,27-30H2,1-6H3,(H,56,64)(H,57,66)(H,59,65)/t39-,41?,42-/m1/s1. The number of amides is 4. The molecule has 2 aliphatic rings. The Balaban J connectivity index is 0.852. The average Bonchev–Trinajstić information content (AvgIpc) is 3.97. The highest BCUT2D eigenvalue weighted by Gasteiger charge is 2.51. The molecule has 3 heterocycles. The normalized spacial score (nSPS) is 17.6. The van der Waals surface area contributed by atoms with Crippen LogP contribution in [0.25, 0.3) is 10.4 Å². The molecule has 2 aliphatic heterocycles. The van der Waals surface area contributed by atoms with Crippen molar-refractivity contribution in [1.82, 2.24) is 25.8 Å². The second kappa shape index (κ2) is 23.6. The molecule has 15 nitrogen and oxygen atoms in total. The van der Waals surface area contributed by atoms with E-state index in [-0.39, 0.29) is 79.4 Å². The summed E-state index contributed by atoms with van der Waals surface area (Å²) in [7, 11) is 0. The van der Waals surface area contributed by atoms with Crippen molar-refractivity contribution in [3.63, 3.8) is 0 Å². The molecule has 3 aromatic carbocycles. The van der Waals surface area contributed by atoms with Gasteiger partial charge in [-0.05, 0) is 105 Å². The third kappa shape index (κ3) is 14.0. The fourth-order valence-electron chi connectivity index (χ4n) is 8.48. The van der Waals surface area contributed by atoms with Crippen LogP contribution in [0.15, 0.2) is 72.2 Å². The number of thiocarbonyl (C=S) groups is 1. The number of carbonyl (C=O) groups is 4. The average molecular weight is 1020 g/mol. The number of nitriles is 1. The van der Waals surface area contributed by atoms with E-state index in [4.69, 9.17) is 21.7 Å². The second-order valence-electron chi connectivity index (χ2n) is 19.2. The van der Waals surface area contributed by atoms with Gasteiger partial charge >= 0.3 is 6.18 Å². The van der Waals surface area contributed by atoms with Crippen molar-refractivity contribution in [3.05, 3.63) is 100 Å². The second-order valence-corrected chi connectivity index (χ2v) is 20.4. The van der Waals surface area contributed by atoms with Crippen LogP contribution in [-0.2, 0) is 47.8 Å². The smallest absolute Gasteiger partial charge is 0.392 e. The molecule has 0 saturated carbocycles. The number of rotatable bonds is 21. The lowest BCUT2D eigenvalue weighted by Crippen LogP contribution is -2.54. The van der Waals surface area contributed by atoms with Gasteiger partial charge in [0.1, 0.15) is 12.1 Å². The molecule has 380 valence electrons. The van der Waals surface area contributed by atoms with Gasteiger partial charge in [-0.1, -0.05) is 57.2 Å². The predicted octanol–water partition coefficient (Wildman–Crippen LogP) is 6.68. The van der Waals surface area contributed by atoms with Crippen LogP contribution in [0, 0.1) is 23.7 Å². The third-order valence-electron chi connectivity index (χ3n) is 12.5. The number of ether oxygens (including phenoxy) is 2. The Morgan fingerprint density at radius 2 is 1.65 bits per heavy atom. The maximum Gasteiger partial charge on any atom is 0.417 e. The number of aliphatic hydroxyl groups is 1. The zero-order chi connectivity index (χ0) is 51.7. The molecule has 4 N–H and O–H groups in total. The third-order valence-corrected chi connectivity index (χ3v) is 13.8. The molecular formula is C51H61F3N8O7S2. The van der Waals surface area contributed by atoms with Crippen molar-refractivity contribution in [1.29, 1.82) is 5.26 Å². The number of carbonyl (C=O) groups excluding carboxylic acids is 4. The largest absolute Gasteiger partial charge is 0.417 e. The molecule has 4 amide bonds. The van der Waals surface area contributed by atoms with E-state index >= 15 is 0 Å². The van der Waals surface area contributed by atoms with E-state index in [0.29, 0.717) is 44.6 Å². The van der Waals surface area contributed by atoms with E-state index in [1.165, 1.54) is 6.07 Å². The van der Waals surface area contributed by atoms with Gasteiger partial charge in [-0.15, -0.1) is 11.3 Å². The van der Waals surface area contributed by atoms with Crippen molar-refractivity contribution in [2.24, 2.45) is 5.41 Å². The molecule has 71 heavy (non-hydrogen) atoms. The molecule has 1 unspecified atom stereocenters. The number of hydrogen-bond acceptors (Lipinski definition) is 12. The highest BCUT2D eigenvalue weighted by atomic mass is 32.1. The highest BCUT2D eigenvalue weighted by Crippen LogP contribution is 2.40. The van der Waals surface area contributed by atoms with E-state index in [2.05, 4.69) is 20.9 Å². The van der Waals surface area contributed by atoms with Crippen LogP contribution in [0.1, 0.15) is 81.8 Å². The molecule has 20 heteroatoms. The number of nitrogens with one attached hydrogen (secondary N) is 3. The van der Waals surface area contributed by atoms with Gasteiger partial charge in [0.15, 0.2) is 5.11 Å². The van der Waals surface area contributed by atoms with E-state index in [0.717, 1.165) is 44.3 Å². The molecule has 0 spiro atoms. The Bertz CT molecular complexity index is 2580. The SMILES string of the molecule is Cc1ncsc1-c1ccc(CNC(=O)C2C[C@@H](O)CN2C[C@@H](NC(=O)COCCOCCNC(=O)CCCc2ccc(N3C(=S)N(c4ccc(C#N)c(C(F)(F)F)c4)C(=O)C3(C)C)cc2)C(C)(C)C)cc1. The summed E-state index contributed by atoms with van der Waals surface area (Å²) in [6.45, 7) is 13.0. The first-order valence-corrected chi connectivity index (χ1v) is 24.7. The maximum absolute atomic E-state index is 13.7. The van der Waals surface area contributed by atoms with Gasteiger partial charge in [0, 0.05) is 44.3 Å². The molecule has 0 bridgehead atoms. The molecule has 1 aromatic heterocycles. The Kier molecular flexibility index (Phi) is 18.1. The molecular weight excluding hydrogens is 958 g/mol.